The van der Waals surface area contributed by atoms with E-state index in [9.17, 15) is 4.79 Å². The van der Waals surface area contributed by atoms with Crippen LogP contribution in [-0.4, -0.2) is 67.7 Å². The third kappa shape index (κ3) is 5.74. The number of nitrogens with two attached hydrogens (primary N) is 1. The maximum absolute atomic E-state index is 12.1. The van der Waals surface area contributed by atoms with Crippen molar-refractivity contribution in [2.24, 2.45) is 5.73 Å². The average Bonchev–Trinajstić information content (AvgIpc) is 2.41. The zero-order chi connectivity index (χ0) is 12.8. The summed E-state index contributed by atoms with van der Waals surface area (Å²) in [6, 6.07) is 0.385. The van der Waals surface area contributed by atoms with E-state index >= 15 is 0 Å². The van der Waals surface area contributed by atoms with Crippen molar-refractivity contribution in [1.82, 2.24) is 9.80 Å². The standard InChI is InChI=1S/C13H25N3O2.2ClH/c14-5-4-13(17)16-6-2-1-3-12(16)11-15-7-9-18-10-8-15;;/h12H,1-11,14H2;2*1H. The Morgan fingerprint density at radius 2 is 1.85 bits per heavy atom. The molecule has 120 valence electrons. The molecule has 2 rings (SSSR count). The molecule has 20 heavy (non-hydrogen) atoms. The molecule has 5 nitrogen and oxygen atoms in total. The number of hydrogen-bond acceptors (Lipinski definition) is 4. The summed E-state index contributed by atoms with van der Waals surface area (Å²) in [6.07, 6.45) is 3.99. The molecule has 1 atom stereocenters. The smallest absolute Gasteiger partial charge is 0.224 e. The topological polar surface area (TPSA) is 58.8 Å². The number of likely N-dealkylation sites (tertiary alicyclic amines) is 1. The third-order valence-electron chi connectivity index (χ3n) is 3.88. The van der Waals surface area contributed by atoms with Crippen molar-refractivity contribution in [3.8, 4) is 0 Å². The van der Waals surface area contributed by atoms with E-state index < -0.39 is 0 Å². The first-order chi connectivity index (χ1) is 8.81. The van der Waals surface area contributed by atoms with Crippen molar-refractivity contribution in [2.75, 3.05) is 45.9 Å². The predicted octanol–water partition coefficient (Wildman–Crippen LogP) is 0.892. The van der Waals surface area contributed by atoms with Gasteiger partial charge in [0.2, 0.25) is 5.91 Å². The van der Waals surface area contributed by atoms with Crippen LogP contribution >= 0.6 is 24.8 Å². The summed E-state index contributed by atoms with van der Waals surface area (Å²) in [6.45, 7) is 6.00. The zero-order valence-electron chi connectivity index (χ0n) is 12.0. The molecule has 2 N–H and O–H groups in total. The fourth-order valence-corrected chi connectivity index (χ4v) is 2.87. The highest BCUT2D eigenvalue weighted by Crippen LogP contribution is 2.19. The van der Waals surface area contributed by atoms with Crippen LogP contribution in [0.2, 0.25) is 0 Å². The van der Waals surface area contributed by atoms with Gasteiger partial charge in [-0.2, -0.15) is 0 Å². The predicted molar refractivity (Wildman–Crippen MR) is 84.8 cm³/mol. The van der Waals surface area contributed by atoms with Gasteiger partial charge < -0.3 is 15.4 Å². The number of amides is 1. The Balaban J connectivity index is 0.00000180. The molecular formula is C13H27Cl2N3O2. The maximum Gasteiger partial charge on any atom is 0.224 e. The van der Waals surface area contributed by atoms with E-state index in [0.29, 0.717) is 19.0 Å². The van der Waals surface area contributed by atoms with Crippen LogP contribution in [0.3, 0.4) is 0 Å². The zero-order valence-corrected chi connectivity index (χ0v) is 13.6. The van der Waals surface area contributed by atoms with Crippen LogP contribution < -0.4 is 5.73 Å². The third-order valence-corrected chi connectivity index (χ3v) is 3.88. The van der Waals surface area contributed by atoms with Crippen LogP contribution in [0.4, 0.5) is 0 Å². The summed E-state index contributed by atoms with van der Waals surface area (Å²) < 4.78 is 5.36. The Morgan fingerprint density at radius 1 is 1.15 bits per heavy atom. The van der Waals surface area contributed by atoms with Gasteiger partial charge in [0.15, 0.2) is 0 Å². The molecule has 2 fully saturated rings. The number of rotatable bonds is 4. The summed E-state index contributed by atoms with van der Waals surface area (Å²) in [5.41, 5.74) is 5.49. The van der Waals surface area contributed by atoms with Gasteiger partial charge in [-0.25, -0.2) is 0 Å². The van der Waals surface area contributed by atoms with Crippen molar-refractivity contribution in [3.63, 3.8) is 0 Å². The molecule has 0 aliphatic carbocycles. The van der Waals surface area contributed by atoms with Crippen LogP contribution in [-0.2, 0) is 9.53 Å². The molecule has 0 spiro atoms. The highest BCUT2D eigenvalue weighted by atomic mass is 35.5. The number of carbonyl (C=O) groups excluding carboxylic acids is 1. The van der Waals surface area contributed by atoms with E-state index in [-0.39, 0.29) is 30.7 Å². The van der Waals surface area contributed by atoms with E-state index in [4.69, 9.17) is 10.5 Å². The second-order valence-electron chi connectivity index (χ2n) is 5.19. The van der Waals surface area contributed by atoms with Gasteiger partial charge in [-0.05, 0) is 19.3 Å². The van der Waals surface area contributed by atoms with Crippen LogP contribution in [0, 0.1) is 0 Å². The lowest BCUT2D eigenvalue weighted by atomic mass is 10.0. The Morgan fingerprint density at radius 3 is 2.50 bits per heavy atom. The van der Waals surface area contributed by atoms with Gasteiger partial charge in [0.05, 0.1) is 13.2 Å². The average molecular weight is 328 g/mol. The lowest BCUT2D eigenvalue weighted by molar-refractivity contribution is -0.135. The summed E-state index contributed by atoms with van der Waals surface area (Å²) in [4.78, 5) is 16.5. The molecule has 2 aliphatic heterocycles. The quantitative estimate of drug-likeness (QED) is 0.833. The molecule has 0 saturated carbocycles. The monoisotopic (exact) mass is 327 g/mol. The Hall–Kier alpha value is -0.0700. The first kappa shape index (κ1) is 19.9. The molecule has 1 unspecified atom stereocenters. The number of piperidine rings is 1. The first-order valence-corrected chi connectivity index (χ1v) is 7.11. The van der Waals surface area contributed by atoms with Crippen molar-refractivity contribution < 1.29 is 9.53 Å². The Kier molecular flexibility index (Phi) is 10.6. The van der Waals surface area contributed by atoms with Crippen LogP contribution in [0.1, 0.15) is 25.7 Å². The van der Waals surface area contributed by atoms with Gasteiger partial charge in [0.1, 0.15) is 0 Å². The van der Waals surface area contributed by atoms with E-state index in [1.165, 1.54) is 6.42 Å². The van der Waals surface area contributed by atoms with Crippen LogP contribution in [0.25, 0.3) is 0 Å². The largest absolute Gasteiger partial charge is 0.379 e. The molecule has 2 heterocycles. The van der Waals surface area contributed by atoms with E-state index in [1.807, 2.05) is 0 Å². The number of nitrogens with zero attached hydrogens (tertiary/aromatic N) is 2. The Bertz CT molecular complexity index is 276. The van der Waals surface area contributed by atoms with Crippen LogP contribution in [0.15, 0.2) is 0 Å². The lowest BCUT2D eigenvalue weighted by Crippen LogP contribution is -2.51. The highest BCUT2D eigenvalue weighted by molar-refractivity contribution is 5.85. The minimum absolute atomic E-state index is 0. The molecule has 0 aromatic rings. The highest BCUT2D eigenvalue weighted by Gasteiger charge is 2.28. The molecule has 0 radical (unpaired) electrons. The van der Waals surface area contributed by atoms with Gasteiger partial charge in [-0.15, -0.1) is 24.8 Å². The lowest BCUT2D eigenvalue weighted by Gasteiger charge is -2.39. The summed E-state index contributed by atoms with van der Waals surface area (Å²) in [5.74, 6) is 0.232. The summed E-state index contributed by atoms with van der Waals surface area (Å²) >= 11 is 0. The molecule has 2 saturated heterocycles. The van der Waals surface area contributed by atoms with Crippen molar-refractivity contribution >= 4 is 30.7 Å². The number of hydrogen-bond donors (Lipinski definition) is 1. The number of ether oxygens (including phenoxy) is 1. The molecule has 0 aromatic heterocycles. The minimum Gasteiger partial charge on any atom is -0.379 e. The van der Waals surface area contributed by atoms with Gasteiger partial charge >= 0.3 is 0 Å². The molecular weight excluding hydrogens is 301 g/mol. The van der Waals surface area contributed by atoms with E-state index in [1.54, 1.807) is 0 Å². The molecule has 0 aromatic carbocycles. The second kappa shape index (κ2) is 10.6. The molecule has 0 bridgehead atoms. The fourth-order valence-electron chi connectivity index (χ4n) is 2.87. The SMILES string of the molecule is Cl.Cl.NCCC(=O)N1CCCCC1CN1CCOCC1. The summed E-state index contributed by atoms with van der Waals surface area (Å²) in [7, 11) is 0. The minimum atomic E-state index is 0. The van der Waals surface area contributed by atoms with Gasteiger partial charge in [-0.3, -0.25) is 9.69 Å². The number of carbonyl (C=O) groups is 1. The van der Waals surface area contributed by atoms with Gasteiger partial charge in [-0.1, -0.05) is 0 Å². The number of morpholine rings is 1. The van der Waals surface area contributed by atoms with Gasteiger partial charge in [0, 0.05) is 45.2 Å². The molecule has 1 amide bonds. The molecule has 2 aliphatic rings. The maximum atomic E-state index is 12.1. The van der Waals surface area contributed by atoms with Gasteiger partial charge in [0.25, 0.3) is 0 Å². The summed E-state index contributed by atoms with van der Waals surface area (Å²) in [5, 5.41) is 0. The molecule has 7 heteroatoms. The van der Waals surface area contributed by atoms with E-state index in [0.717, 1.165) is 52.2 Å². The van der Waals surface area contributed by atoms with Crippen molar-refractivity contribution in [1.29, 1.82) is 0 Å². The van der Waals surface area contributed by atoms with Crippen molar-refractivity contribution in [2.45, 2.75) is 31.7 Å². The first-order valence-electron chi connectivity index (χ1n) is 7.11. The van der Waals surface area contributed by atoms with Crippen molar-refractivity contribution in [3.05, 3.63) is 0 Å². The number of halogens is 2. The normalized spacial score (nSPS) is 23.6. The second-order valence-corrected chi connectivity index (χ2v) is 5.19. The van der Waals surface area contributed by atoms with E-state index in [2.05, 4.69) is 9.80 Å². The Labute approximate surface area is 134 Å². The fraction of sp³-hybridized carbons (Fsp3) is 0.923. The van der Waals surface area contributed by atoms with Crippen LogP contribution in [0.5, 0.6) is 0 Å².